The van der Waals surface area contributed by atoms with Crippen LogP contribution < -0.4 is 10.5 Å². The van der Waals surface area contributed by atoms with Crippen LogP contribution in [0.1, 0.15) is 5.56 Å². The molecule has 0 aliphatic heterocycles. The summed E-state index contributed by atoms with van der Waals surface area (Å²) in [6.07, 6.45) is -1.86. The van der Waals surface area contributed by atoms with Crippen molar-refractivity contribution in [1.29, 1.82) is 0 Å². The summed E-state index contributed by atoms with van der Waals surface area (Å²) >= 11 is 5.59. The fraction of sp³-hybridized carbons (Fsp3) is 0.0909. The smallest absolute Gasteiger partial charge is 0.416 e. The van der Waals surface area contributed by atoms with Gasteiger partial charge in [-0.25, -0.2) is 9.97 Å². The molecule has 2 rings (SSSR count). The van der Waals surface area contributed by atoms with Gasteiger partial charge in [0, 0.05) is 0 Å². The SMILES string of the molecule is Nc1cc(C(F)(F)F)ccc1Oc1ncc(Cl)cn1. The molecule has 0 fully saturated rings. The first-order valence-electron chi connectivity index (χ1n) is 4.98. The number of nitrogens with two attached hydrogens (primary N) is 1. The number of benzene rings is 1. The summed E-state index contributed by atoms with van der Waals surface area (Å²) in [6.45, 7) is 0. The number of rotatable bonds is 2. The van der Waals surface area contributed by atoms with Crippen molar-refractivity contribution in [2.24, 2.45) is 0 Å². The average molecular weight is 290 g/mol. The van der Waals surface area contributed by atoms with E-state index in [2.05, 4.69) is 9.97 Å². The van der Waals surface area contributed by atoms with E-state index in [1.165, 1.54) is 12.4 Å². The van der Waals surface area contributed by atoms with Crippen molar-refractivity contribution < 1.29 is 17.9 Å². The highest BCUT2D eigenvalue weighted by atomic mass is 35.5. The lowest BCUT2D eigenvalue weighted by Crippen LogP contribution is -2.06. The van der Waals surface area contributed by atoms with Crippen molar-refractivity contribution in [3.05, 3.63) is 41.2 Å². The summed E-state index contributed by atoms with van der Waals surface area (Å²) in [5.74, 6) is 0.0373. The number of aromatic nitrogens is 2. The Labute approximate surface area is 111 Å². The number of ether oxygens (including phenoxy) is 1. The molecule has 0 atom stereocenters. The van der Waals surface area contributed by atoms with Gasteiger partial charge in [-0.05, 0) is 18.2 Å². The fourth-order valence-electron chi connectivity index (χ4n) is 1.27. The van der Waals surface area contributed by atoms with E-state index in [4.69, 9.17) is 22.1 Å². The quantitative estimate of drug-likeness (QED) is 0.859. The van der Waals surface area contributed by atoms with Crippen molar-refractivity contribution in [3.63, 3.8) is 0 Å². The van der Waals surface area contributed by atoms with Crippen molar-refractivity contribution >= 4 is 17.3 Å². The Kier molecular flexibility index (Phi) is 3.48. The van der Waals surface area contributed by atoms with Gasteiger partial charge in [-0.15, -0.1) is 0 Å². The molecule has 1 aromatic carbocycles. The average Bonchev–Trinajstić information content (AvgIpc) is 2.33. The Morgan fingerprint density at radius 3 is 2.32 bits per heavy atom. The Morgan fingerprint density at radius 1 is 1.16 bits per heavy atom. The van der Waals surface area contributed by atoms with Gasteiger partial charge in [0.1, 0.15) is 0 Å². The fourth-order valence-corrected chi connectivity index (χ4v) is 1.37. The molecule has 2 aromatic rings. The second-order valence-electron chi connectivity index (χ2n) is 3.54. The van der Waals surface area contributed by atoms with E-state index in [0.29, 0.717) is 5.02 Å². The van der Waals surface area contributed by atoms with Gasteiger partial charge < -0.3 is 10.5 Å². The molecule has 4 nitrogen and oxygen atoms in total. The predicted molar refractivity (Wildman–Crippen MR) is 63.0 cm³/mol. The molecule has 0 unspecified atom stereocenters. The number of hydrogen-bond acceptors (Lipinski definition) is 4. The molecular formula is C11H7ClF3N3O. The molecule has 8 heteroatoms. The van der Waals surface area contributed by atoms with E-state index in [1.54, 1.807) is 0 Å². The zero-order valence-electron chi connectivity index (χ0n) is 9.28. The number of nitrogens with zero attached hydrogens (tertiary/aromatic N) is 2. The first-order valence-corrected chi connectivity index (χ1v) is 5.36. The van der Waals surface area contributed by atoms with E-state index < -0.39 is 11.7 Å². The highest BCUT2D eigenvalue weighted by Crippen LogP contribution is 2.34. The third kappa shape index (κ3) is 3.25. The Hall–Kier alpha value is -2.02. The van der Waals surface area contributed by atoms with Gasteiger partial charge in [0.15, 0.2) is 5.75 Å². The van der Waals surface area contributed by atoms with Crippen LogP contribution in [-0.4, -0.2) is 9.97 Å². The summed E-state index contributed by atoms with van der Waals surface area (Å²) < 4.78 is 42.5. The molecule has 0 aliphatic carbocycles. The standard InChI is InChI=1S/C11H7ClF3N3O/c12-7-4-17-10(18-5-7)19-9-2-1-6(3-8(9)16)11(13,14)15/h1-5H,16H2. The molecule has 0 saturated heterocycles. The second-order valence-corrected chi connectivity index (χ2v) is 3.97. The first kappa shape index (κ1) is 13.4. The maximum atomic E-state index is 12.4. The topological polar surface area (TPSA) is 61.0 Å². The Balaban J connectivity index is 2.24. The number of anilines is 1. The van der Waals surface area contributed by atoms with Crippen LogP contribution in [0.25, 0.3) is 0 Å². The molecular weight excluding hydrogens is 283 g/mol. The molecule has 100 valence electrons. The van der Waals surface area contributed by atoms with Gasteiger partial charge in [0.2, 0.25) is 0 Å². The maximum Gasteiger partial charge on any atom is 0.416 e. The van der Waals surface area contributed by atoms with Gasteiger partial charge in [0.05, 0.1) is 28.7 Å². The molecule has 0 radical (unpaired) electrons. The second kappa shape index (κ2) is 4.93. The molecule has 1 heterocycles. The van der Waals surface area contributed by atoms with E-state index >= 15 is 0 Å². The Bertz CT molecular complexity index is 587. The highest BCUT2D eigenvalue weighted by molar-refractivity contribution is 6.30. The van der Waals surface area contributed by atoms with Crippen molar-refractivity contribution in [2.75, 3.05) is 5.73 Å². The van der Waals surface area contributed by atoms with Gasteiger partial charge in [-0.2, -0.15) is 13.2 Å². The lowest BCUT2D eigenvalue weighted by Gasteiger charge is -2.10. The third-order valence-corrected chi connectivity index (χ3v) is 2.33. The van der Waals surface area contributed by atoms with Crippen molar-refractivity contribution in [2.45, 2.75) is 6.18 Å². The van der Waals surface area contributed by atoms with Crippen LogP contribution in [-0.2, 0) is 6.18 Å². The highest BCUT2D eigenvalue weighted by Gasteiger charge is 2.31. The summed E-state index contributed by atoms with van der Waals surface area (Å²) in [6, 6.07) is 2.69. The molecule has 0 amide bonds. The minimum absolute atomic E-state index is 0.0373. The van der Waals surface area contributed by atoms with E-state index in [1.807, 2.05) is 0 Å². The Morgan fingerprint density at radius 2 is 1.79 bits per heavy atom. The van der Waals surface area contributed by atoms with E-state index in [-0.39, 0.29) is 17.4 Å². The van der Waals surface area contributed by atoms with Crippen LogP contribution in [0.2, 0.25) is 5.02 Å². The summed E-state index contributed by atoms with van der Waals surface area (Å²) in [4.78, 5) is 7.49. The summed E-state index contributed by atoms with van der Waals surface area (Å²) in [5, 5.41) is 0.313. The largest absolute Gasteiger partial charge is 0.422 e. The van der Waals surface area contributed by atoms with Gasteiger partial charge in [0.25, 0.3) is 0 Å². The normalized spacial score (nSPS) is 11.4. The monoisotopic (exact) mass is 289 g/mol. The predicted octanol–water partition coefficient (Wildman–Crippen LogP) is 3.52. The molecule has 2 N–H and O–H groups in total. The first-order chi connectivity index (χ1) is 8.86. The van der Waals surface area contributed by atoms with Crippen LogP contribution in [0, 0.1) is 0 Å². The van der Waals surface area contributed by atoms with E-state index in [0.717, 1.165) is 18.2 Å². The lowest BCUT2D eigenvalue weighted by molar-refractivity contribution is -0.137. The summed E-state index contributed by atoms with van der Waals surface area (Å²) in [7, 11) is 0. The zero-order chi connectivity index (χ0) is 14.0. The van der Waals surface area contributed by atoms with Crippen LogP contribution in [0.3, 0.4) is 0 Å². The van der Waals surface area contributed by atoms with E-state index in [9.17, 15) is 13.2 Å². The molecule has 0 aliphatic rings. The molecule has 19 heavy (non-hydrogen) atoms. The van der Waals surface area contributed by atoms with Crippen LogP contribution >= 0.6 is 11.6 Å². The number of alkyl halides is 3. The number of nitrogen functional groups attached to an aromatic ring is 1. The third-order valence-electron chi connectivity index (χ3n) is 2.13. The van der Waals surface area contributed by atoms with Crippen LogP contribution in [0.4, 0.5) is 18.9 Å². The number of hydrogen-bond donors (Lipinski definition) is 1. The minimum atomic E-state index is -4.45. The zero-order valence-corrected chi connectivity index (χ0v) is 10.0. The van der Waals surface area contributed by atoms with Gasteiger partial charge in [-0.1, -0.05) is 11.6 Å². The molecule has 1 aromatic heterocycles. The summed E-state index contributed by atoms with van der Waals surface area (Å²) in [5.41, 5.74) is 4.48. The number of halogens is 4. The van der Waals surface area contributed by atoms with Crippen molar-refractivity contribution in [3.8, 4) is 11.8 Å². The maximum absolute atomic E-state index is 12.4. The molecule has 0 bridgehead atoms. The van der Waals surface area contributed by atoms with Crippen molar-refractivity contribution in [1.82, 2.24) is 9.97 Å². The van der Waals surface area contributed by atoms with Crippen LogP contribution in [0.5, 0.6) is 11.8 Å². The molecule has 0 saturated carbocycles. The lowest BCUT2D eigenvalue weighted by atomic mass is 10.2. The van der Waals surface area contributed by atoms with Crippen LogP contribution in [0.15, 0.2) is 30.6 Å². The van der Waals surface area contributed by atoms with Gasteiger partial charge in [-0.3, -0.25) is 0 Å². The molecule has 0 spiro atoms. The minimum Gasteiger partial charge on any atom is -0.422 e. The van der Waals surface area contributed by atoms with Gasteiger partial charge >= 0.3 is 12.2 Å².